The fourth-order valence-corrected chi connectivity index (χ4v) is 4.49. The van der Waals surface area contributed by atoms with E-state index in [0.29, 0.717) is 5.78 Å². The summed E-state index contributed by atoms with van der Waals surface area (Å²) >= 11 is 0. The molecule has 3 rings (SSSR count). The summed E-state index contributed by atoms with van der Waals surface area (Å²) in [5, 5.41) is 0. The fourth-order valence-electron chi connectivity index (χ4n) is 4.49. The molecule has 3 fully saturated rings. The monoisotopic (exact) mass is 178 g/mol. The third-order valence-electron chi connectivity index (χ3n) is 5.05. The van der Waals surface area contributed by atoms with Gasteiger partial charge in [-0.15, -0.1) is 0 Å². The molecular formula is C12H18O. The highest BCUT2D eigenvalue weighted by Gasteiger charge is 2.53. The average molecular weight is 178 g/mol. The van der Waals surface area contributed by atoms with Crippen LogP contribution in [0.2, 0.25) is 0 Å². The Bertz CT molecular complexity index is 246. The maximum absolute atomic E-state index is 11.4. The summed E-state index contributed by atoms with van der Waals surface area (Å²) in [7, 11) is 0. The smallest absolute Gasteiger partial charge is 0.133 e. The molecule has 0 aromatic rings. The minimum absolute atomic E-state index is 0.543. The van der Waals surface area contributed by atoms with Crippen LogP contribution in [0, 0.1) is 29.6 Å². The lowest BCUT2D eigenvalue weighted by Gasteiger charge is -2.34. The summed E-state index contributed by atoms with van der Waals surface area (Å²) in [6, 6.07) is 0. The first-order valence-corrected chi connectivity index (χ1v) is 5.79. The van der Waals surface area contributed by atoms with Gasteiger partial charge in [0, 0.05) is 12.8 Å². The molecule has 13 heavy (non-hydrogen) atoms. The molecule has 0 N–H and O–H groups in total. The molecule has 0 aromatic carbocycles. The van der Waals surface area contributed by atoms with E-state index in [1.54, 1.807) is 0 Å². The van der Waals surface area contributed by atoms with Gasteiger partial charge in [-0.3, -0.25) is 4.79 Å². The van der Waals surface area contributed by atoms with Crippen LogP contribution in [0.1, 0.15) is 39.0 Å². The molecular weight excluding hydrogens is 160 g/mol. The summed E-state index contributed by atoms with van der Waals surface area (Å²) in [5.74, 6) is 5.12. The molecule has 3 unspecified atom stereocenters. The van der Waals surface area contributed by atoms with Gasteiger partial charge < -0.3 is 0 Å². The lowest BCUT2D eigenvalue weighted by atomic mass is 9.71. The van der Waals surface area contributed by atoms with Gasteiger partial charge in [0.1, 0.15) is 5.78 Å². The second kappa shape index (κ2) is 2.59. The van der Waals surface area contributed by atoms with Gasteiger partial charge in [-0.1, -0.05) is 6.92 Å². The van der Waals surface area contributed by atoms with Crippen LogP contribution >= 0.6 is 0 Å². The molecule has 0 amide bonds. The van der Waals surface area contributed by atoms with Crippen molar-refractivity contribution in [3.8, 4) is 0 Å². The van der Waals surface area contributed by atoms with Crippen LogP contribution < -0.4 is 0 Å². The first kappa shape index (κ1) is 8.02. The first-order valence-electron chi connectivity index (χ1n) is 5.79. The number of rotatable bonds is 0. The largest absolute Gasteiger partial charge is 0.300 e. The van der Waals surface area contributed by atoms with Crippen LogP contribution in [-0.2, 0) is 4.79 Å². The van der Waals surface area contributed by atoms with E-state index in [-0.39, 0.29) is 0 Å². The number of ketones is 1. The maximum atomic E-state index is 11.4. The van der Waals surface area contributed by atoms with Crippen molar-refractivity contribution in [2.45, 2.75) is 39.0 Å². The lowest BCUT2D eigenvalue weighted by molar-refractivity contribution is -0.123. The van der Waals surface area contributed by atoms with E-state index >= 15 is 0 Å². The van der Waals surface area contributed by atoms with Gasteiger partial charge in [0.2, 0.25) is 0 Å². The van der Waals surface area contributed by atoms with Gasteiger partial charge in [0.05, 0.1) is 0 Å². The number of hydrogen-bond donors (Lipinski definition) is 0. The zero-order valence-electron chi connectivity index (χ0n) is 8.33. The summed E-state index contributed by atoms with van der Waals surface area (Å²) < 4.78 is 0. The topological polar surface area (TPSA) is 17.1 Å². The van der Waals surface area contributed by atoms with Crippen LogP contribution in [0.15, 0.2) is 0 Å². The van der Waals surface area contributed by atoms with Gasteiger partial charge in [0.25, 0.3) is 0 Å². The number of fused-ring (bicyclic) bond motifs is 5. The minimum atomic E-state index is 0.543. The Hall–Kier alpha value is -0.330. The van der Waals surface area contributed by atoms with E-state index in [0.717, 1.165) is 42.4 Å². The predicted molar refractivity (Wildman–Crippen MR) is 51.2 cm³/mol. The summed E-state index contributed by atoms with van der Waals surface area (Å²) in [6.45, 7) is 2.42. The Morgan fingerprint density at radius 1 is 1.00 bits per heavy atom. The van der Waals surface area contributed by atoms with Gasteiger partial charge >= 0.3 is 0 Å². The van der Waals surface area contributed by atoms with Crippen LogP contribution in [0.25, 0.3) is 0 Å². The van der Waals surface area contributed by atoms with Crippen LogP contribution in [0.4, 0.5) is 0 Å². The molecule has 72 valence electrons. The predicted octanol–water partition coefficient (Wildman–Crippen LogP) is 2.65. The van der Waals surface area contributed by atoms with Crippen molar-refractivity contribution in [2.24, 2.45) is 29.6 Å². The summed E-state index contributed by atoms with van der Waals surface area (Å²) in [5.41, 5.74) is 0. The highest BCUT2D eigenvalue weighted by molar-refractivity contribution is 5.79. The van der Waals surface area contributed by atoms with Gasteiger partial charge in [-0.05, 0) is 48.9 Å². The Kier molecular flexibility index (Phi) is 1.59. The SMILES string of the molecule is CC1C2CCC1[C@@H]1CCC(=O)C[C@H]21. The standard InChI is InChI=1S/C12H18O/c1-7-9-4-5-10(7)12-6-8(13)2-3-11(9)12/h7,9-12H,2-6H2,1H3/t7?,9?,10?,11-,12+/m0/s1. The molecule has 5 atom stereocenters. The van der Waals surface area contributed by atoms with Gasteiger partial charge in [-0.2, -0.15) is 0 Å². The average Bonchev–Trinajstić information content (AvgIpc) is 2.59. The quantitative estimate of drug-likeness (QED) is 0.557. The summed E-state index contributed by atoms with van der Waals surface area (Å²) in [4.78, 5) is 11.4. The number of Topliss-reactive ketones (excluding diaryl/α,β-unsaturated/α-hetero) is 1. The van der Waals surface area contributed by atoms with Crippen molar-refractivity contribution < 1.29 is 4.79 Å². The Morgan fingerprint density at radius 3 is 2.46 bits per heavy atom. The number of carbonyl (C=O) groups excluding carboxylic acids is 1. The molecule has 0 saturated heterocycles. The van der Waals surface area contributed by atoms with E-state index in [2.05, 4.69) is 6.92 Å². The van der Waals surface area contributed by atoms with Crippen molar-refractivity contribution in [3.05, 3.63) is 0 Å². The Labute approximate surface area is 79.9 Å². The fraction of sp³-hybridized carbons (Fsp3) is 0.917. The molecule has 1 nitrogen and oxygen atoms in total. The third-order valence-corrected chi connectivity index (χ3v) is 5.05. The molecule has 3 aliphatic rings. The Morgan fingerprint density at radius 2 is 1.69 bits per heavy atom. The molecule has 0 aromatic heterocycles. The molecule has 0 heterocycles. The zero-order chi connectivity index (χ0) is 9.00. The van der Waals surface area contributed by atoms with E-state index < -0.39 is 0 Å². The van der Waals surface area contributed by atoms with E-state index in [9.17, 15) is 4.79 Å². The van der Waals surface area contributed by atoms with Crippen molar-refractivity contribution in [1.29, 1.82) is 0 Å². The highest BCUT2D eigenvalue weighted by atomic mass is 16.1. The molecule has 0 aliphatic heterocycles. The molecule has 1 heteroatoms. The zero-order valence-corrected chi connectivity index (χ0v) is 8.33. The van der Waals surface area contributed by atoms with Gasteiger partial charge in [0.15, 0.2) is 0 Å². The molecule has 2 bridgehead atoms. The van der Waals surface area contributed by atoms with Crippen LogP contribution in [0.3, 0.4) is 0 Å². The molecule has 3 aliphatic carbocycles. The normalized spacial score (nSPS) is 53.9. The lowest BCUT2D eigenvalue weighted by Crippen LogP contribution is -2.29. The first-order chi connectivity index (χ1) is 6.27. The Balaban J connectivity index is 1.88. The van der Waals surface area contributed by atoms with Crippen LogP contribution in [0.5, 0.6) is 0 Å². The molecule has 0 spiro atoms. The van der Waals surface area contributed by atoms with Crippen molar-refractivity contribution in [3.63, 3.8) is 0 Å². The second-order valence-corrected chi connectivity index (χ2v) is 5.37. The van der Waals surface area contributed by atoms with Gasteiger partial charge in [-0.25, -0.2) is 0 Å². The maximum Gasteiger partial charge on any atom is 0.133 e. The molecule has 0 radical (unpaired) electrons. The minimum Gasteiger partial charge on any atom is -0.300 e. The number of carbonyl (C=O) groups is 1. The van der Waals surface area contributed by atoms with E-state index in [1.807, 2.05) is 0 Å². The van der Waals surface area contributed by atoms with E-state index in [1.165, 1.54) is 19.3 Å². The van der Waals surface area contributed by atoms with E-state index in [4.69, 9.17) is 0 Å². The number of hydrogen-bond acceptors (Lipinski definition) is 1. The van der Waals surface area contributed by atoms with Crippen molar-refractivity contribution in [2.75, 3.05) is 0 Å². The molecule has 3 saturated carbocycles. The van der Waals surface area contributed by atoms with Crippen LogP contribution in [-0.4, -0.2) is 5.78 Å². The second-order valence-electron chi connectivity index (χ2n) is 5.37. The van der Waals surface area contributed by atoms with Crippen molar-refractivity contribution >= 4 is 5.78 Å². The van der Waals surface area contributed by atoms with Crippen molar-refractivity contribution in [1.82, 2.24) is 0 Å². The third kappa shape index (κ3) is 0.963. The summed E-state index contributed by atoms with van der Waals surface area (Å²) in [6.07, 6.45) is 5.91. The highest BCUT2D eigenvalue weighted by Crippen LogP contribution is 2.59.